The molecule has 2 nitrogen and oxygen atoms in total. The average Bonchev–Trinajstić information content (AvgIpc) is 2.17. The Bertz CT molecular complexity index is 173. The van der Waals surface area contributed by atoms with Gasteiger partial charge in [0.2, 0.25) is 0 Å². The van der Waals surface area contributed by atoms with Crippen molar-refractivity contribution in [3.8, 4) is 0 Å². The van der Waals surface area contributed by atoms with Crippen LogP contribution in [0.4, 0.5) is 0 Å². The third-order valence-electron chi connectivity index (χ3n) is 2.31. The smallest absolute Gasteiger partial charge is 0.330 e. The van der Waals surface area contributed by atoms with Crippen LogP contribution in [0.3, 0.4) is 0 Å². The summed E-state index contributed by atoms with van der Waals surface area (Å²) in [6.45, 7) is 6.74. The van der Waals surface area contributed by atoms with E-state index in [9.17, 15) is 4.79 Å². The summed E-state index contributed by atoms with van der Waals surface area (Å²) in [6, 6.07) is 0. The first-order valence-corrected chi connectivity index (χ1v) is 5.54. The summed E-state index contributed by atoms with van der Waals surface area (Å²) in [5.41, 5.74) is 0. The maximum atomic E-state index is 10.9. The topological polar surface area (TPSA) is 26.3 Å². The van der Waals surface area contributed by atoms with E-state index in [1.165, 1.54) is 18.9 Å². The Morgan fingerprint density at radius 2 is 2.14 bits per heavy atom. The van der Waals surface area contributed by atoms with Gasteiger partial charge in [0.15, 0.2) is 0 Å². The van der Waals surface area contributed by atoms with Crippen LogP contribution in [0.2, 0.25) is 0 Å². The van der Waals surface area contributed by atoms with Crippen LogP contribution in [0.15, 0.2) is 12.2 Å². The number of esters is 1. The molecule has 0 aliphatic rings. The molecule has 0 saturated heterocycles. The van der Waals surface area contributed by atoms with Gasteiger partial charge in [-0.1, -0.05) is 32.8 Å². The standard InChI is InChI=1S/C12H22O2/c1-4-11(3)9-7-6-8-10-12(13)14-5-2/h8,10-11H,4-7,9H2,1-3H3/b10-8+. The minimum Gasteiger partial charge on any atom is -0.463 e. The van der Waals surface area contributed by atoms with Crippen LogP contribution in [0.25, 0.3) is 0 Å². The van der Waals surface area contributed by atoms with Gasteiger partial charge in [0.1, 0.15) is 0 Å². The highest BCUT2D eigenvalue weighted by atomic mass is 16.5. The fourth-order valence-corrected chi connectivity index (χ4v) is 1.16. The highest BCUT2D eigenvalue weighted by Crippen LogP contribution is 2.10. The molecular formula is C12H22O2. The second-order valence-electron chi connectivity index (χ2n) is 3.60. The largest absolute Gasteiger partial charge is 0.463 e. The number of hydrogen-bond acceptors (Lipinski definition) is 2. The van der Waals surface area contributed by atoms with E-state index in [0.717, 1.165) is 18.8 Å². The highest BCUT2D eigenvalue weighted by Gasteiger charge is 1.97. The van der Waals surface area contributed by atoms with E-state index in [-0.39, 0.29) is 5.97 Å². The lowest BCUT2D eigenvalue weighted by Gasteiger charge is -2.05. The zero-order chi connectivity index (χ0) is 10.8. The summed E-state index contributed by atoms with van der Waals surface area (Å²) in [7, 11) is 0. The average molecular weight is 198 g/mol. The van der Waals surface area contributed by atoms with Gasteiger partial charge < -0.3 is 4.74 Å². The van der Waals surface area contributed by atoms with Crippen molar-refractivity contribution in [1.29, 1.82) is 0 Å². The van der Waals surface area contributed by atoms with Gasteiger partial charge in [-0.15, -0.1) is 0 Å². The van der Waals surface area contributed by atoms with Gasteiger partial charge in [-0.05, 0) is 25.7 Å². The van der Waals surface area contributed by atoms with Gasteiger partial charge in [0, 0.05) is 6.08 Å². The molecule has 0 aromatic rings. The number of carbonyl (C=O) groups excluding carboxylic acids is 1. The lowest BCUT2D eigenvalue weighted by atomic mass is 10.0. The number of hydrogen-bond donors (Lipinski definition) is 0. The van der Waals surface area contributed by atoms with Crippen LogP contribution in [0.5, 0.6) is 0 Å². The molecule has 0 aliphatic heterocycles. The van der Waals surface area contributed by atoms with Crippen molar-refractivity contribution in [2.75, 3.05) is 6.61 Å². The summed E-state index contributed by atoms with van der Waals surface area (Å²) in [4.78, 5) is 10.9. The van der Waals surface area contributed by atoms with Crippen molar-refractivity contribution in [3.63, 3.8) is 0 Å². The van der Waals surface area contributed by atoms with Crippen LogP contribution in [-0.4, -0.2) is 12.6 Å². The number of carbonyl (C=O) groups is 1. The van der Waals surface area contributed by atoms with Gasteiger partial charge in [-0.2, -0.15) is 0 Å². The fourth-order valence-electron chi connectivity index (χ4n) is 1.16. The maximum absolute atomic E-state index is 10.9. The molecule has 0 fully saturated rings. The number of rotatable bonds is 7. The van der Waals surface area contributed by atoms with Crippen molar-refractivity contribution < 1.29 is 9.53 Å². The van der Waals surface area contributed by atoms with E-state index in [1.54, 1.807) is 0 Å². The van der Waals surface area contributed by atoms with Crippen LogP contribution in [-0.2, 0) is 9.53 Å². The molecule has 0 N–H and O–H groups in total. The molecule has 0 rings (SSSR count). The summed E-state index contributed by atoms with van der Waals surface area (Å²) < 4.78 is 4.76. The van der Waals surface area contributed by atoms with Crippen LogP contribution in [0.1, 0.15) is 46.5 Å². The number of ether oxygens (including phenoxy) is 1. The minimum atomic E-state index is -0.226. The molecule has 82 valence electrons. The molecule has 0 saturated carbocycles. The first-order valence-electron chi connectivity index (χ1n) is 5.54. The van der Waals surface area contributed by atoms with E-state index in [2.05, 4.69) is 13.8 Å². The first kappa shape index (κ1) is 13.2. The monoisotopic (exact) mass is 198 g/mol. The molecule has 2 heteroatoms. The van der Waals surface area contributed by atoms with Crippen molar-refractivity contribution in [2.24, 2.45) is 5.92 Å². The molecule has 0 spiro atoms. The van der Waals surface area contributed by atoms with Gasteiger partial charge in [0.05, 0.1) is 6.61 Å². The number of unbranched alkanes of at least 4 members (excludes halogenated alkanes) is 1. The van der Waals surface area contributed by atoms with Crippen molar-refractivity contribution in [2.45, 2.75) is 46.5 Å². The fraction of sp³-hybridized carbons (Fsp3) is 0.750. The lowest BCUT2D eigenvalue weighted by molar-refractivity contribution is -0.137. The summed E-state index contributed by atoms with van der Waals surface area (Å²) in [5, 5.41) is 0. The van der Waals surface area contributed by atoms with E-state index in [4.69, 9.17) is 4.74 Å². The minimum absolute atomic E-state index is 0.226. The molecule has 0 aromatic heterocycles. The van der Waals surface area contributed by atoms with Crippen LogP contribution < -0.4 is 0 Å². The third-order valence-corrected chi connectivity index (χ3v) is 2.31. The van der Waals surface area contributed by atoms with E-state index < -0.39 is 0 Å². The Labute approximate surface area is 87.3 Å². The maximum Gasteiger partial charge on any atom is 0.330 e. The van der Waals surface area contributed by atoms with Crippen molar-refractivity contribution >= 4 is 5.97 Å². The van der Waals surface area contributed by atoms with E-state index >= 15 is 0 Å². The van der Waals surface area contributed by atoms with E-state index in [1.807, 2.05) is 13.0 Å². The first-order chi connectivity index (χ1) is 6.70. The molecular weight excluding hydrogens is 176 g/mol. The predicted molar refractivity (Wildman–Crippen MR) is 59.1 cm³/mol. The second kappa shape index (κ2) is 8.79. The normalized spacial score (nSPS) is 13.1. The van der Waals surface area contributed by atoms with Gasteiger partial charge >= 0.3 is 5.97 Å². The summed E-state index contributed by atoms with van der Waals surface area (Å²) in [5.74, 6) is 0.571. The molecule has 1 unspecified atom stereocenters. The Balaban J connectivity index is 3.39. The second-order valence-corrected chi connectivity index (χ2v) is 3.60. The van der Waals surface area contributed by atoms with Crippen molar-refractivity contribution in [1.82, 2.24) is 0 Å². The zero-order valence-electron chi connectivity index (χ0n) is 9.58. The molecule has 1 atom stereocenters. The lowest BCUT2D eigenvalue weighted by Crippen LogP contribution is -1.98. The third kappa shape index (κ3) is 7.84. The summed E-state index contributed by atoms with van der Waals surface area (Å²) >= 11 is 0. The predicted octanol–water partition coefficient (Wildman–Crippen LogP) is 3.32. The molecule has 0 bridgehead atoms. The van der Waals surface area contributed by atoms with Crippen LogP contribution >= 0.6 is 0 Å². The van der Waals surface area contributed by atoms with Gasteiger partial charge in [-0.3, -0.25) is 0 Å². The quantitative estimate of drug-likeness (QED) is 0.356. The molecule has 0 amide bonds. The highest BCUT2D eigenvalue weighted by molar-refractivity contribution is 5.81. The Morgan fingerprint density at radius 3 is 2.71 bits per heavy atom. The zero-order valence-corrected chi connectivity index (χ0v) is 9.58. The molecule has 0 aromatic carbocycles. The molecule has 0 heterocycles. The Hall–Kier alpha value is -0.790. The van der Waals surface area contributed by atoms with Crippen LogP contribution in [0, 0.1) is 5.92 Å². The van der Waals surface area contributed by atoms with Crippen molar-refractivity contribution in [3.05, 3.63) is 12.2 Å². The Morgan fingerprint density at radius 1 is 1.43 bits per heavy atom. The Kier molecular flexibility index (Phi) is 8.30. The molecule has 14 heavy (non-hydrogen) atoms. The molecule has 0 radical (unpaired) electrons. The van der Waals surface area contributed by atoms with Gasteiger partial charge in [-0.25, -0.2) is 4.79 Å². The van der Waals surface area contributed by atoms with Gasteiger partial charge in [0.25, 0.3) is 0 Å². The molecule has 0 aliphatic carbocycles. The SMILES string of the molecule is CCOC(=O)/C=C/CCCC(C)CC. The summed E-state index contributed by atoms with van der Waals surface area (Å²) in [6.07, 6.45) is 8.04. The van der Waals surface area contributed by atoms with E-state index in [0.29, 0.717) is 6.61 Å². The number of allylic oxidation sites excluding steroid dienone is 1.